The summed E-state index contributed by atoms with van der Waals surface area (Å²) in [5.74, 6) is -3.19. The Balaban J connectivity index is 2.05. The zero-order valence-corrected chi connectivity index (χ0v) is 17.9. The van der Waals surface area contributed by atoms with E-state index in [1.54, 1.807) is 6.92 Å². The molecular formula is C19H29NO7S. The fourth-order valence-corrected chi connectivity index (χ4v) is 5.03. The first-order valence-corrected chi connectivity index (χ1v) is 10.4. The topological polar surface area (TPSA) is 99.2 Å². The summed E-state index contributed by atoms with van der Waals surface area (Å²) in [6, 6.07) is -0.916. The lowest BCUT2D eigenvalue weighted by molar-refractivity contribution is -0.221. The smallest absolute Gasteiger partial charge is 0.333 e. The predicted molar refractivity (Wildman–Crippen MR) is 102 cm³/mol. The van der Waals surface area contributed by atoms with Gasteiger partial charge in [0.05, 0.1) is 16.5 Å². The summed E-state index contributed by atoms with van der Waals surface area (Å²) in [5.41, 5.74) is 0. The Morgan fingerprint density at radius 3 is 2.50 bits per heavy atom. The average Bonchev–Trinajstić information content (AvgIpc) is 2.80. The largest absolute Gasteiger partial charge is 0.464 e. The van der Waals surface area contributed by atoms with Gasteiger partial charge in [-0.05, 0) is 13.3 Å². The summed E-state index contributed by atoms with van der Waals surface area (Å²) in [7, 11) is 0. The first-order chi connectivity index (χ1) is 13.0. The van der Waals surface area contributed by atoms with Crippen LogP contribution in [0.15, 0.2) is 0 Å². The maximum atomic E-state index is 12.9. The maximum absolute atomic E-state index is 12.9. The van der Waals surface area contributed by atoms with Gasteiger partial charge in [0, 0.05) is 27.2 Å². The van der Waals surface area contributed by atoms with Crippen molar-refractivity contribution in [2.24, 2.45) is 0 Å². The van der Waals surface area contributed by atoms with Crippen LogP contribution >= 0.6 is 11.8 Å². The molecule has 2 rings (SSSR count). The Morgan fingerprint density at radius 2 is 1.93 bits per heavy atom. The molecule has 0 radical (unpaired) electrons. The molecule has 158 valence electrons. The molecule has 3 atom stereocenters. The molecule has 0 aromatic heterocycles. The van der Waals surface area contributed by atoms with Crippen LogP contribution in [0.25, 0.3) is 0 Å². The molecule has 8 nitrogen and oxygen atoms in total. The van der Waals surface area contributed by atoms with Crippen molar-refractivity contribution in [1.29, 1.82) is 0 Å². The molecule has 0 spiro atoms. The second kappa shape index (κ2) is 8.71. The highest BCUT2D eigenvalue weighted by Gasteiger charge is 2.62. The van der Waals surface area contributed by atoms with Crippen molar-refractivity contribution in [1.82, 2.24) is 4.90 Å². The Hall–Kier alpha value is -1.77. The highest BCUT2D eigenvalue weighted by atomic mass is 32.2. The second-order valence-electron chi connectivity index (χ2n) is 7.83. The van der Waals surface area contributed by atoms with Crippen molar-refractivity contribution in [3.05, 3.63) is 0 Å². The van der Waals surface area contributed by atoms with Gasteiger partial charge in [-0.25, -0.2) is 4.79 Å². The first kappa shape index (κ1) is 22.5. The summed E-state index contributed by atoms with van der Waals surface area (Å²) >= 11 is 1.42. The third kappa shape index (κ3) is 5.18. The molecular weight excluding hydrogens is 386 g/mol. The number of fused-ring (bicyclic) bond motifs is 1. The van der Waals surface area contributed by atoms with Gasteiger partial charge in [-0.15, -0.1) is 11.8 Å². The molecule has 9 heteroatoms. The lowest BCUT2D eigenvalue weighted by atomic mass is 9.97. The van der Waals surface area contributed by atoms with E-state index in [2.05, 4.69) is 0 Å². The van der Waals surface area contributed by atoms with Crippen molar-refractivity contribution in [2.75, 3.05) is 6.61 Å². The molecule has 2 saturated heterocycles. The molecule has 0 N–H and O–H groups in total. The van der Waals surface area contributed by atoms with Crippen LogP contribution in [0.5, 0.6) is 0 Å². The summed E-state index contributed by atoms with van der Waals surface area (Å²) in [5, 5.41) is -0.148. The average molecular weight is 416 g/mol. The number of esters is 3. The Kier molecular flexibility index (Phi) is 7.01. The molecule has 0 unspecified atom stereocenters. The summed E-state index contributed by atoms with van der Waals surface area (Å²) < 4.78 is 15.1. The number of carbonyl (C=O) groups excluding carboxylic acids is 4. The highest BCUT2D eigenvalue weighted by molar-refractivity contribution is 8.01. The number of nitrogens with zero attached hydrogens (tertiary/aromatic N) is 1. The van der Waals surface area contributed by atoms with E-state index in [-0.39, 0.29) is 24.3 Å². The first-order valence-electron chi connectivity index (χ1n) is 9.56. The van der Waals surface area contributed by atoms with E-state index in [9.17, 15) is 19.2 Å². The van der Waals surface area contributed by atoms with Gasteiger partial charge >= 0.3 is 17.9 Å². The van der Waals surface area contributed by atoms with Gasteiger partial charge < -0.3 is 19.1 Å². The second-order valence-corrected chi connectivity index (χ2v) is 9.54. The van der Waals surface area contributed by atoms with Crippen LogP contribution in [0.1, 0.15) is 66.7 Å². The molecule has 2 fully saturated rings. The number of unbranched alkanes of at least 4 members (excludes halogenated alkanes) is 2. The van der Waals surface area contributed by atoms with Gasteiger partial charge in [-0.1, -0.05) is 19.8 Å². The fourth-order valence-electron chi connectivity index (χ4n) is 3.36. The van der Waals surface area contributed by atoms with Crippen molar-refractivity contribution < 1.29 is 33.4 Å². The minimum absolute atomic E-state index is 0.0235. The predicted octanol–water partition coefficient (Wildman–Crippen LogP) is 2.38. The minimum Gasteiger partial charge on any atom is -0.464 e. The molecule has 0 aromatic carbocycles. The number of β-lactam (4-membered cyclic amide) rings is 1. The molecule has 2 aliphatic heterocycles. The van der Waals surface area contributed by atoms with Crippen LogP contribution in [0, 0.1) is 0 Å². The number of thioether (sulfide) groups is 1. The third-order valence-corrected chi connectivity index (χ3v) is 6.23. The zero-order chi connectivity index (χ0) is 21.1. The van der Waals surface area contributed by atoms with Crippen LogP contribution in [-0.4, -0.2) is 57.3 Å². The standard InChI is InChI=1S/C19H29NO7S/c1-6-7-8-9-15(23)26-18(3,4)27-17(24)16-19(5,11-25-12(2)21)28-14-10-13(22)20(14)16/h14,16H,6-11H2,1-5H3/t14-,16+,19+/m1/s1. The normalized spacial score (nSPS) is 26.3. The van der Waals surface area contributed by atoms with E-state index in [0.29, 0.717) is 12.8 Å². The van der Waals surface area contributed by atoms with E-state index in [1.165, 1.54) is 37.4 Å². The summed E-state index contributed by atoms with van der Waals surface area (Å²) in [4.78, 5) is 49.7. The van der Waals surface area contributed by atoms with Crippen LogP contribution in [0.4, 0.5) is 0 Å². The Labute approximate surface area is 169 Å². The van der Waals surface area contributed by atoms with Crippen molar-refractivity contribution >= 4 is 35.6 Å². The number of amides is 1. The van der Waals surface area contributed by atoms with Crippen molar-refractivity contribution in [3.8, 4) is 0 Å². The van der Waals surface area contributed by atoms with Gasteiger partial charge in [0.25, 0.3) is 5.79 Å². The van der Waals surface area contributed by atoms with Gasteiger partial charge in [0.1, 0.15) is 12.6 Å². The minimum atomic E-state index is -1.46. The van der Waals surface area contributed by atoms with Crippen LogP contribution < -0.4 is 0 Å². The molecule has 1 amide bonds. The van der Waals surface area contributed by atoms with E-state index >= 15 is 0 Å². The summed E-state index contributed by atoms with van der Waals surface area (Å²) in [6.45, 7) is 8.05. The Morgan fingerprint density at radius 1 is 1.25 bits per heavy atom. The van der Waals surface area contributed by atoms with Crippen LogP contribution in [0.2, 0.25) is 0 Å². The van der Waals surface area contributed by atoms with Gasteiger partial charge in [0.15, 0.2) is 0 Å². The van der Waals surface area contributed by atoms with Crippen molar-refractivity contribution in [3.63, 3.8) is 0 Å². The van der Waals surface area contributed by atoms with Crippen LogP contribution in [-0.2, 0) is 33.4 Å². The fraction of sp³-hybridized carbons (Fsp3) is 0.789. The molecule has 2 heterocycles. The van der Waals surface area contributed by atoms with Gasteiger partial charge in [-0.2, -0.15) is 0 Å². The number of carbonyl (C=O) groups is 4. The number of hydrogen-bond acceptors (Lipinski definition) is 8. The zero-order valence-electron chi connectivity index (χ0n) is 17.1. The molecule has 2 aliphatic rings. The van der Waals surface area contributed by atoms with E-state index in [1.807, 2.05) is 6.92 Å². The monoisotopic (exact) mass is 415 g/mol. The molecule has 0 aliphatic carbocycles. The molecule has 0 saturated carbocycles. The lowest BCUT2D eigenvalue weighted by Crippen LogP contribution is -2.59. The Bertz CT molecular complexity index is 650. The quantitative estimate of drug-likeness (QED) is 0.245. The van der Waals surface area contributed by atoms with E-state index < -0.39 is 34.5 Å². The van der Waals surface area contributed by atoms with E-state index in [4.69, 9.17) is 14.2 Å². The molecule has 0 aromatic rings. The van der Waals surface area contributed by atoms with Crippen molar-refractivity contribution in [2.45, 2.75) is 88.7 Å². The van der Waals surface area contributed by atoms with Crippen LogP contribution in [0.3, 0.4) is 0 Å². The molecule has 28 heavy (non-hydrogen) atoms. The van der Waals surface area contributed by atoms with Gasteiger partial charge in [-0.3, -0.25) is 14.4 Å². The maximum Gasteiger partial charge on any atom is 0.333 e. The lowest BCUT2D eigenvalue weighted by Gasteiger charge is -2.39. The van der Waals surface area contributed by atoms with Gasteiger partial charge in [0.2, 0.25) is 5.91 Å². The SMILES string of the molecule is CCCCCC(=O)OC(C)(C)OC(=O)[C@@H]1N2C(=O)C[C@H]2S[C@@]1(C)COC(C)=O. The van der Waals surface area contributed by atoms with E-state index in [0.717, 1.165) is 12.8 Å². The summed E-state index contributed by atoms with van der Waals surface area (Å²) in [6.07, 6.45) is 3.20. The highest BCUT2D eigenvalue weighted by Crippen LogP contribution is 2.51. The molecule has 0 bridgehead atoms. The number of hydrogen-bond donors (Lipinski definition) is 0. The third-order valence-electron chi connectivity index (χ3n) is 4.69. The number of ether oxygens (including phenoxy) is 3. The number of rotatable bonds is 9.